The summed E-state index contributed by atoms with van der Waals surface area (Å²) in [6, 6.07) is 0. The lowest BCUT2D eigenvalue weighted by Gasteiger charge is -2.28. The van der Waals surface area contributed by atoms with Crippen LogP contribution in [0.15, 0.2) is 11.3 Å². The maximum atomic E-state index is 7.68. The molecule has 0 unspecified atom stereocenters. The summed E-state index contributed by atoms with van der Waals surface area (Å²) in [5.74, 6) is 0. The summed E-state index contributed by atoms with van der Waals surface area (Å²) in [5, 5.41) is 7.68. The smallest absolute Gasteiger partial charge is 0.0388 e. The van der Waals surface area contributed by atoms with Gasteiger partial charge in [-0.05, 0) is 13.5 Å². The largest absolute Gasteiger partial charge is 0.402 e. The quantitative estimate of drug-likeness (QED) is 0.611. The fourth-order valence-electron chi connectivity index (χ4n) is 1.45. The van der Waals surface area contributed by atoms with E-state index >= 15 is 0 Å². The topological polar surface area (TPSA) is 53.1 Å². The number of nitrogens with zero attached hydrogens (tertiary/aromatic N) is 1. The van der Waals surface area contributed by atoms with Gasteiger partial charge in [-0.3, -0.25) is 4.90 Å². The molecular formula is C9H17N3. The molecule has 0 amide bonds. The second-order valence-corrected chi connectivity index (χ2v) is 3.26. The number of nitrogens with one attached hydrogen (secondary N) is 1. The predicted octanol–water partition coefficient (Wildman–Crippen LogP) is 0.964. The molecule has 1 heterocycles. The summed E-state index contributed by atoms with van der Waals surface area (Å²) < 4.78 is 0. The molecule has 0 saturated carbocycles. The van der Waals surface area contributed by atoms with Gasteiger partial charge >= 0.3 is 0 Å². The van der Waals surface area contributed by atoms with Gasteiger partial charge in [0.15, 0.2) is 0 Å². The van der Waals surface area contributed by atoms with Gasteiger partial charge in [-0.15, -0.1) is 0 Å². The van der Waals surface area contributed by atoms with Gasteiger partial charge in [0.05, 0.1) is 0 Å². The fourth-order valence-corrected chi connectivity index (χ4v) is 1.45. The lowest BCUT2D eigenvalue weighted by atomic mass is 10.0. The van der Waals surface area contributed by atoms with Crippen molar-refractivity contribution < 1.29 is 0 Å². The van der Waals surface area contributed by atoms with Gasteiger partial charge in [0, 0.05) is 36.5 Å². The molecule has 0 atom stereocenters. The Hall–Kier alpha value is -0.830. The van der Waals surface area contributed by atoms with E-state index < -0.39 is 0 Å². The van der Waals surface area contributed by atoms with Crippen LogP contribution in [0.2, 0.25) is 0 Å². The van der Waals surface area contributed by atoms with Gasteiger partial charge in [-0.2, -0.15) is 0 Å². The molecule has 3 N–H and O–H groups in total. The molecule has 0 aromatic rings. The summed E-state index contributed by atoms with van der Waals surface area (Å²) in [5.41, 5.74) is 8.24. The first-order chi connectivity index (χ1) is 5.65. The van der Waals surface area contributed by atoms with Crippen LogP contribution in [-0.2, 0) is 0 Å². The summed E-state index contributed by atoms with van der Waals surface area (Å²) in [6.45, 7) is 6.93. The van der Waals surface area contributed by atoms with Gasteiger partial charge in [-0.25, -0.2) is 0 Å². The first kappa shape index (κ1) is 9.26. The van der Waals surface area contributed by atoms with E-state index in [2.05, 4.69) is 11.8 Å². The maximum absolute atomic E-state index is 7.68. The van der Waals surface area contributed by atoms with Crippen molar-refractivity contribution in [3.63, 3.8) is 0 Å². The number of rotatable bonds is 1. The third-order valence-electron chi connectivity index (χ3n) is 2.35. The van der Waals surface area contributed by atoms with E-state index in [0.717, 1.165) is 43.0 Å². The Labute approximate surface area is 73.7 Å². The molecule has 1 saturated heterocycles. The third kappa shape index (κ3) is 1.85. The van der Waals surface area contributed by atoms with E-state index in [1.807, 2.05) is 6.92 Å². The molecule has 12 heavy (non-hydrogen) atoms. The SMILES string of the molecule is CCN1CCC(=N)C(=C(C)N)C1. The number of allylic oxidation sites excluding steroid dienone is 1. The molecule has 3 nitrogen and oxygen atoms in total. The molecule has 0 bridgehead atoms. The highest BCUT2D eigenvalue weighted by atomic mass is 15.1. The van der Waals surface area contributed by atoms with Crippen LogP contribution in [0, 0.1) is 5.41 Å². The third-order valence-corrected chi connectivity index (χ3v) is 2.35. The number of likely N-dealkylation sites (tertiary alicyclic amines) is 1. The minimum atomic E-state index is 0.722. The molecule has 68 valence electrons. The van der Waals surface area contributed by atoms with Crippen LogP contribution in [0.1, 0.15) is 20.3 Å². The number of nitrogens with two attached hydrogens (primary N) is 1. The van der Waals surface area contributed by atoms with E-state index in [1.165, 1.54) is 0 Å². The Balaban J connectivity index is 2.73. The van der Waals surface area contributed by atoms with Crippen molar-refractivity contribution in [2.45, 2.75) is 20.3 Å². The van der Waals surface area contributed by atoms with Gasteiger partial charge in [0.1, 0.15) is 0 Å². The highest BCUT2D eigenvalue weighted by molar-refractivity contribution is 5.99. The van der Waals surface area contributed by atoms with Gasteiger partial charge in [-0.1, -0.05) is 6.92 Å². The van der Waals surface area contributed by atoms with Crippen LogP contribution in [0.4, 0.5) is 0 Å². The molecule has 1 aliphatic heterocycles. The maximum Gasteiger partial charge on any atom is 0.0388 e. The Morgan fingerprint density at radius 2 is 2.33 bits per heavy atom. The Kier molecular flexibility index (Phi) is 2.87. The first-order valence-corrected chi connectivity index (χ1v) is 4.40. The number of likely N-dealkylation sites (N-methyl/N-ethyl adjacent to an activating group) is 1. The Morgan fingerprint density at radius 1 is 1.67 bits per heavy atom. The molecule has 0 radical (unpaired) electrons. The summed E-state index contributed by atoms with van der Waals surface area (Å²) in [4.78, 5) is 2.31. The van der Waals surface area contributed by atoms with E-state index in [1.54, 1.807) is 0 Å². The molecule has 0 spiro atoms. The molecular weight excluding hydrogens is 150 g/mol. The van der Waals surface area contributed by atoms with Crippen LogP contribution in [0.3, 0.4) is 0 Å². The van der Waals surface area contributed by atoms with Crippen LogP contribution >= 0.6 is 0 Å². The van der Waals surface area contributed by atoms with E-state index in [-0.39, 0.29) is 0 Å². The molecule has 0 aromatic heterocycles. The minimum Gasteiger partial charge on any atom is -0.402 e. The average Bonchev–Trinajstić information content (AvgIpc) is 2.05. The Bertz CT molecular complexity index is 214. The number of piperidine rings is 1. The molecule has 1 rings (SSSR count). The fraction of sp³-hybridized carbons (Fsp3) is 0.667. The monoisotopic (exact) mass is 167 g/mol. The normalized spacial score (nSPS) is 24.3. The van der Waals surface area contributed by atoms with Crippen molar-refractivity contribution in [2.75, 3.05) is 19.6 Å². The van der Waals surface area contributed by atoms with Crippen LogP contribution in [0.5, 0.6) is 0 Å². The van der Waals surface area contributed by atoms with Crippen molar-refractivity contribution in [3.8, 4) is 0 Å². The zero-order chi connectivity index (χ0) is 9.14. The molecule has 3 heteroatoms. The van der Waals surface area contributed by atoms with E-state index in [4.69, 9.17) is 11.1 Å². The predicted molar refractivity (Wildman–Crippen MR) is 51.3 cm³/mol. The highest BCUT2D eigenvalue weighted by Crippen LogP contribution is 2.13. The first-order valence-electron chi connectivity index (χ1n) is 4.40. The summed E-state index contributed by atoms with van der Waals surface area (Å²) in [7, 11) is 0. The van der Waals surface area contributed by atoms with Crippen molar-refractivity contribution in [1.29, 1.82) is 5.41 Å². The Morgan fingerprint density at radius 3 is 2.83 bits per heavy atom. The molecule has 1 aliphatic rings. The molecule has 1 fully saturated rings. The second-order valence-electron chi connectivity index (χ2n) is 3.26. The summed E-state index contributed by atoms with van der Waals surface area (Å²) >= 11 is 0. The van der Waals surface area contributed by atoms with Crippen LogP contribution in [-0.4, -0.2) is 30.2 Å². The minimum absolute atomic E-state index is 0.722. The second kappa shape index (κ2) is 3.72. The van der Waals surface area contributed by atoms with E-state index in [9.17, 15) is 0 Å². The van der Waals surface area contributed by atoms with Crippen molar-refractivity contribution in [1.82, 2.24) is 4.90 Å². The van der Waals surface area contributed by atoms with Crippen molar-refractivity contribution in [3.05, 3.63) is 11.3 Å². The van der Waals surface area contributed by atoms with Crippen LogP contribution < -0.4 is 5.73 Å². The lowest BCUT2D eigenvalue weighted by Crippen LogP contribution is -2.36. The van der Waals surface area contributed by atoms with Gasteiger partial charge in [0.25, 0.3) is 0 Å². The average molecular weight is 167 g/mol. The van der Waals surface area contributed by atoms with Crippen molar-refractivity contribution >= 4 is 5.71 Å². The van der Waals surface area contributed by atoms with E-state index in [0.29, 0.717) is 0 Å². The van der Waals surface area contributed by atoms with Gasteiger partial charge in [0.2, 0.25) is 0 Å². The summed E-state index contributed by atoms with van der Waals surface area (Å²) in [6.07, 6.45) is 0.845. The standard InChI is InChI=1S/C9H17N3/c1-3-12-5-4-9(11)8(6-12)7(2)10/h11H,3-6,10H2,1-2H3. The molecule has 0 aromatic carbocycles. The zero-order valence-electron chi connectivity index (χ0n) is 7.85. The van der Waals surface area contributed by atoms with Gasteiger partial charge < -0.3 is 11.1 Å². The highest BCUT2D eigenvalue weighted by Gasteiger charge is 2.18. The zero-order valence-corrected chi connectivity index (χ0v) is 7.85. The van der Waals surface area contributed by atoms with Crippen LogP contribution in [0.25, 0.3) is 0 Å². The number of hydrogen-bond acceptors (Lipinski definition) is 3. The number of hydrogen-bond donors (Lipinski definition) is 2. The van der Waals surface area contributed by atoms with Crippen molar-refractivity contribution in [2.24, 2.45) is 5.73 Å². The molecule has 0 aliphatic carbocycles. The lowest BCUT2D eigenvalue weighted by molar-refractivity contribution is 0.313.